The lowest BCUT2D eigenvalue weighted by Gasteiger charge is -2.30. The third kappa shape index (κ3) is 2.66. The Morgan fingerprint density at radius 1 is 1.11 bits per heavy atom. The molecule has 2 aliphatic rings. The summed E-state index contributed by atoms with van der Waals surface area (Å²) in [4.78, 5) is 32.9. The fraction of sp³-hybridized carbons (Fsp3) is 0.409. The van der Waals surface area contributed by atoms with E-state index in [4.69, 9.17) is 4.98 Å². The monoisotopic (exact) mass is 376 g/mol. The summed E-state index contributed by atoms with van der Waals surface area (Å²) >= 11 is 0. The first kappa shape index (κ1) is 17.2. The number of aromatic nitrogens is 3. The molecule has 1 aromatic carbocycles. The molecule has 2 aliphatic heterocycles. The predicted octanol–water partition coefficient (Wildman–Crippen LogP) is 2.82. The first-order valence-electron chi connectivity index (χ1n) is 10.1. The molecule has 144 valence electrons. The van der Waals surface area contributed by atoms with Crippen molar-refractivity contribution in [1.82, 2.24) is 14.1 Å². The van der Waals surface area contributed by atoms with Crippen molar-refractivity contribution in [1.29, 1.82) is 0 Å². The van der Waals surface area contributed by atoms with Crippen LogP contribution >= 0.6 is 0 Å². The third-order valence-corrected chi connectivity index (χ3v) is 6.03. The molecule has 0 fully saturated rings. The first-order chi connectivity index (χ1) is 13.6. The molecule has 0 radical (unpaired) electrons. The number of carbonyl (C=O) groups is 1. The highest BCUT2D eigenvalue weighted by Crippen LogP contribution is 2.27. The van der Waals surface area contributed by atoms with E-state index in [9.17, 15) is 9.59 Å². The lowest BCUT2D eigenvalue weighted by atomic mass is 10.0. The molecule has 1 amide bonds. The van der Waals surface area contributed by atoms with Gasteiger partial charge >= 0.3 is 0 Å². The molecule has 0 spiro atoms. The number of para-hydroxylation sites is 1. The zero-order valence-corrected chi connectivity index (χ0v) is 16.1. The number of rotatable bonds is 2. The van der Waals surface area contributed by atoms with Crippen LogP contribution in [-0.2, 0) is 30.7 Å². The lowest BCUT2D eigenvalue weighted by molar-refractivity contribution is -0.119. The van der Waals surface area contributed by atoms with E-state index in [1.807, 2.05) is 40.7 Å². The minimum atomic E-state index is -0.0142. The molecule has 6 nitrogen and oxygen atoms in total. The predicted molar refractivity (Wildman–Crippen MR) is 109 cm³/mol. The van der Waals surface area contributed by atoms with E-state index >= 15 is 0 Å². The Balaban J connectivity index is 1.55. The lowest BCUT2D eigenvalue weighted by Crippen LogP contribution is -2.38. The van der Waals surface area contributed by atoms with Gasteiger partial charge in [0.25, 0.3) is 5.56 Å². The van der Waals surface area contributed by atoms with Gasteiger partial charge < -0.3 is 9.47 Å². The van der Waals surface area contributed by atoms with Crippen molar-refractivity contribution in [3.63, 3.8) is 0 Å². The summed E-state index contributed by atoms with van der Waals surface area (Å²) in [6, 6.07) is 10.0. The van der Waals surface area contributed by atoms with Crippen molar-refractivity contribution in [2.45, 2.75) is 52.1 Å². The molecule has 0 atom stereocenters. The van der Waals surface area contributed by atoms with E-state index in [1.54, 1.807) is 4.57 Å². The highest BCUT2D eigenvalue weighted by Gasteiger charge is 2.25. The van der Waals surface area contributed by atoms with Crippen LogP contribution in [0.4, 0.5) is 5.69 Å². The maximum absolute atomic E-state index is 13.2. The molecular weight excluding hydrogens is 352 g/mol. The van der Waals surface area contributed by atoms with Crippen LogP contribution in [0.2, 0.25) is 0 Å². The Hall–Kier alpha value is -2.89. The van der Waals surface area contributed by atoms with Crippen LogP contribution in [-0.4, -0.2) is 26.6 Å². The molecule has 0 saturated carbocycles. The summed E-state index contributed by atoms with van der Waals surface area (Å²) in [5.74, 6) is 0.895. The van der Waals surface area contributed by atoms with Crippen molar-refractivity contribution in [3.05, 3.63) is 57.8 Å². The van der Waals surface area contributed by atoms with E-state index in [0.717, 1.165) is 62.4 Å². The number of hydrogen-bond donors (Lipinski definition) is 0. The molecule has 0 aliphatic carbocycles. The van der Waals surface area contributed by atoms with Gasteiger partial charge in [-0.25, -0.2) is 4.98 Å². The van der Waals surface area contributed by atoms with Gasteiger partial charge in [-0.1, -0.05) is 18.2 Å². The number of hydrogen-bond acceptors (Lipinski definition) is 3. The Kier molecular flexibility index (Phi) is 4.07. The van der Waals surface area contributed by atoms with Crippen molar-refractivity contribution < 1.29 is 4.79 Å². The van der Waals surface area contributed by atoms with Gasteiger partial charge in [-0.05, 0) is 50.3 Å². The highest BCUT2D eigenvalue weighted by atomic mass is 16.2. The second-order valence-corrected chi connectivity index (χ2v) is 7.83. The second kappa shape index (κ2) is 6.62. The molecule has 0 N–H and O–H groups in total. The Morgan fingerprint density at radius 2 is 1.96 bits per heavy atom. The Morgan fingerprint density at radius 3 is 2.86 bits per heavy atom. The van der Waals surface area contributed by atoms with E-state index < -0.39 is 0 Å². The van der Waals surface area contributed by atoms with Crippen LogP contribution in [0.25, 0.3) is 11.0 Å². The molecule has 0 saturated heterocycles. The minimum absolute atomic E-state index is 0.0142. The van der Waals surface area contributed by atoms with E-state index in [-0.39, 0.29) is 18.0 Å². The van der Waals surface area contributed by atoms with Crippen molar-refractivity contribution in [3.8, 4) is 0 Å². The largest absolute Gasteiger partial charge is 0.330 e. The molecule has 6 heteroatoms. The third-order valence-electron chi connectivity index (χ3n) is 6.03. The second-order valence-electron chi connectivity index (χ2n) is 7.83. The number of benzene rings is 1. The number of carbonyl (C=O) groups excluding carboxylic acids is 1. The zero-order valence-electron chi connectivity index (χ0n) is 16.1. The van der Waals surface area contributed by atoms with Gasteiger partial charge in [-0.2, -0.15) is 0 Å². The van der Waals surface area contributed by atoms with Crippen molar-refractivity contribution >= 4 is 22.6 Å². The van der Waals surface area contributed by atoms with E-state index in [0.29, 0.717) is 11.0 Å². The van der Waals surface area contributed by atoms with Gasteiger partial charge in [0.2, 0.25) is 5.91 Å². The Bertz CT molecular complexity index is 1140. The van der Waals surface area contributed by atoms with Crippen molar-refractivity contribution in [2.75, 3.05) is 11.4 Å². The number of fused-ring (bicyclic) bond motifs is 3. The maximum Gasteiger partial charge on any atom is 0.278 e. The molecule has 4 heterocycles. The van der Waals surface area contributed by atoms with Crippen LogP contribution in [0.1, 0.15) is 36.3 Å². The maximum atomic E-state index is 13.2. The van der Waals surface area contributed by atoms with Crippen LogP contribution in [0.3, 0.4) is 0 Å². The van der Waals surface area contributed by atoms with Crippen LogP contribution in [0, 0.1) is 6.92 Å². The van der Waals surface area contributed by atoms with Crippen LogP contribution in [0.5, 0.6) is 0 Å². The number of nitrogens with zero attached hydrogens (tertiary/aromatic N) is 4. The average Bonchev–Trinajstić information content (AvgIpc) is 3.03. The van der Waals surface area contributed by atoms with Gasteiger partial charge in [0.1, 0.15) is 17.9 Å². The molecule has 0 unspecified atom stereocenters. The minimum Gasteiger partial charge on any atom is -0.330 e. The van der Waals surface area contributed by atoms with E-state index in [2.05, 4.69) is 6.07 Å². The average molecular weight is 376 g/mol. The van der Waals surface area contributed by atoms with Gasteiger partial charge in [-0.15, -0.1) is 0 Å². The summed E-state index contributed by atoms with van der Waals surface area (Å²) < 4.78 is 3.65. The van der Waals surface area contributed by atoms with Crippen LogP contribution in [0.15, 0.2) is 35.1 Å². The summed E-state index contributed by atoms with van der Waals surface area (Å²) in [5.41, 5.74) is 4.37. The molecule has 2 aromatic heterocycles. The van der Waals surface area contributed by atoms with Gasteiger partial charge in [0.05, 0.1) is 5.52 Å². The SMILES string of the molecule is Cc1cc2nc3n(c(=O)c2n1CC(=O)N1CCCc2ccccc21)CCCC3. The number of aryl methyl sites for hydroxylation is 3. The normalized spacial score (nSPS) is 16.1. The molecule has 28 heavy (non-hydrogen) atoms. The topological polar surface area (TPSA) is 60.1 Å². The molecule has 3 aromatic rings. The van der Waals surface area contributed by atoms with Gasteiger partial charge in [-0.3, -0.25) is 14.2 Å². The molecule has 5 rings (SSSR count). The number of amides is 1. The summed E-state index contributed by atoms with van der Waals surface area (Å²) in [5, 5.41) is 0. The first-order valence-corrected chi connectivity index (χ1v) is 10.1. The van der Waals surface area contributed by atoms with Crippen molar-refractivity contribution in [2.24, 2.45) is 0 Å². The summed E-state index contributed by atoms with van der Waals surface area (Å²) in [7, 11) is 0. The quantitative estimate of drug-likeness (QED) is 0.691. The van der Waals surface area contributed by atoms with Crippen LogP contribution < -0.4 is 10.5 Å². The standard InChI is InChI=1S/C22H24N4O2/c1-15-13-17-21(22(28)25-11-5-4-10-19(25)23-17)26(15)14-20(27)24-12-6-8-16-7-2-3-9-18(16)24/h2-3,7,9,13H,4-6,8,10-12,14H2,1H3. The number of anilines is 1. The highest BCUT2D eigenvalue weighted by molar-refractivity contribution is 5.95. The molecule has 0 bridgehead atoms. The summed E-state index contributed by atoms with van der Waals surface area (Å²) in [6.45, 7) is 3.55. The Labute approximate surface area is 163 Å². The van der Waals surface area contributed by atoms with E-state index in [1.165, 1.54) is 5.56 Å². The van der Waals surface area contributed by atoms with Gasteiger partial charge in [0.15, 0.2) is 0 Å². The fourth-order valence-corrected chi connectivity index (χ4v) is 4.60. The van der Waals surface area contributed by atoms with Gasteiger partial charge in [0, 0.05) is 30.9 Å². The smallest absolute Gasteiger partial charge is 0.278 e. The fourth-order valence-electron chi connectivity index (χ4n) is 4.60. The zero-order chi connectivity index (χ0) is 19.3. The molecular formula is C22H24N4O2. The summed E-state index contributed by atoms with van der Waals surface area (Å²) in [6.07, 6.45) is 4.89.